The van der Waals surface area contributed by atoms with Crippen molar-refractivity contribution < 1.29 is 19.1 Å². The minimum absolute atomic E-state index is 0.0165. The molecule has 0 aliphatic heterocycles. The smallest absolute Gasteiger partial charge is 0.168 e. The molecule has 0 heterocycles. The molecule has 27 heavy (non-hydrogen) atoms. The molecule has 0 saturated heterocycles. The van der Waals surface area contributed by atoms with Gasteiger partial charge in [0.25, 0.3) is 0 Å². The number of ether oxygens (including phenoxy) is 2. The van der Waals surface area contributed by atoms with Crippen molar-refractivity contribution >= 4 is 11.6 Å². The Bertz CT molecular complexity index is 690. The maximum absolute atomic E-state index is 13.3. The average molecular weight is 375 g/mol. The second-order valence-electron chi connectivity index (χ2n) is 10.0. The minimum Gasteiger partial charge on any atom is -0.353 e. The molecule has 0 aromatic carbocycles. The summed E-state index contributed by atoms with van der Waals surface area (Å²) in [6, 6.07) is 0. The summed E-state index contributed by atoms with van der Waals surface area (Å²) < 4.78 is 11.4. The van der Waals surface area contributed by atoms with E-state index in [4.69, 9.17) is 9.47 Å². The van der Waals surface area contributed by atoms with Crippen molar-refractivity contribution in [2.45, 2.75) is 71.5 Å². The molecule has 4 rings (SSSR count). The van der Waals surface area contributed by atoms with Gasteiger partial charge in [-0.3, -0.25) is 9.59 Å². The fourth-order valence-corrected chi connectivity index (χ4v) is 7.42. The molecular formula is C23H34O4. The largest absolute Gasteiger partial charge is 0.353 e. The number of ketones is 2. The predicted octanol–water partition coefficient (Wildman–Crippen LogP) is 4.32. The summed E-state index contributed by atoms with van der Waals surface area (Å²) >= 11 is 0. The molecule has 3 saturated carbocycles. The maximum Gasteiger partial charge on any atom is 0.168 e. The van der Waals surface area contributed by atoms with Crippen LogP contribution in [0.5, 0.6) is 0 Å². The monoisotopic (exact) mass is 374 g/mol. The lowest BCUT2D eigenvalue weighted by Gasteiger charge is -2.58. The summed E-state index contributed by atoms with van der Waals surface area (Å²) in [6.45, 7) is 6.37. The summed E-state index contributed by atoms with van der Waals surface area (Å²) in [4.78, 5) is 25.5. The number of carbonyl (C=O) groups excluding carboxylic acids is 2. The van der Waals surface area contributed by atoms with Crippen molar-refractivity contribution in [2.24, 2.45) is 34.5 Å². The molecule has 4 nitrogen and oxygen atoms in total. The van der Waals surface area contributed by atoms with Crippen LogP contribution < -0.4 is 0 Å². The van der Waals surface area contributed by atoms with Crippen LogP contribution in [0.15, 0.2) is 11.6 Å². The van der Waals surface area contributed by atoms with Crippen LogP contribution in [-0.2, 0) is 19.1 Å². The zero-order chi connectivity index (χ0) is 19.6. The van der Waals surface area contributed by atoms with Crippen LogP contribution in [0.25, 0.3) is 0 Å². The number of Topliss-reactive ketones (excluding diaryl/α,β-unsaturated/α-hetero) is 1. The lowest BCUT2D eigenvalue weighted by molar-refractivity contribution is -0.248. The molecule has 0 spiro atoms. The first-order valence-electron chi connectivity index (χ1n) is 10.6. The molecule has 4 heteroatoms. The third-order valence-corrected chi connectivity index (χ3v) is 9.15. The third kappa shape index (κ3) is 2.55. The van der Waals surface area contributed by atoms with Crippen LogP contribution in [-0.4, -0.2) is 31.6 Å². The highest BCUT2D eigenvalue weighted by Gasteiger charge is 2.61. The van der Waals surface area contributed by atoms with Crippen molar-refractivity contribution in [1.29, 1.82) is 0 Å². The molecule has 6 atom stereocenters. The number of rotatable bonds is 3. The van der Waals surface area contributed by atoms with Crippen LogP contribution >= 0.6 is 0 Å². The Morgan fingerprint density at radius 1 is 0.963 bits per heavy atom. The van der Waals surface area contributed by atoms with E-state index in [1.54, 1.807) is 21.1 Å². The van der Waals surface area contributed by atoms with Crippen molar-refractivity contribution in [1.82, 2.24) is 0 Å². The van der Waals surface area contributed by atoms with Crippen LogP contribution in [0.4, 0.5) is 0 Å². The van der Waals surface area contributed by atoms with Crippen LogP contribution in [0.3, 0.4) is 0 Å². The van der Waals surface area contributed by atoms with E-state index >= 15 is 0 Å². The normalized spacial score (nSPS) is 45.5. The molecular weight excluding hydrogens is 340 g/mol. The second kappa shape index (κ2) is 6.25. The van der Waals surface area contributed by atoms with E-state index < -0.39 is 5.79 Å². The van der Waals surface area contributed by atoms with E-state index in [0.717, 1.165) is 38.5 Å². The third-order valence-electron chi connectivity index (χ3n) is 9.15. The summed E-state index contributed by atoms with van der Waals surface area (Å²) in [5.41, 5.74) is 1.38. The lowest BCUT2D eigenvalue weighted by atomic mass is 9.47. The predicted molar refractivity (Wildman–Crippen MR) is 103 cm³/mol. The van der Waals surface area contributed by atoms with E-state index in [1.165, 1.54) is 5.57 Å². The van der Waals surface area contributed by atoms with Gasteiger partial charge >= 0.3 is 0 Å². The molecule has 6 unspecified atom stereocenters. The van der Waals surface area contributed by atoms with E-state index in [9.17, 15) is 9.59 Å². The van der Waals surface area contributed by atoms with E-state index in [0.29, 0.717) is 24.0 Å². The Morgan fingerprint density at radius 2 is 1.63 bits per heavy atom. The highest BCUT2D eigenvalue weighted by Crippen LogP contribution is 2.66. The van der Waals surface area contributed by atoms with Gasteiger partial charge in [0.15, 0.2) is 11.6 Å². The van der Waals surface area contributed by atoms with Crippen LogP contribution in [0, 0.1) is 34.5 Å². The number of hydrogen-bond donors (Lipinski definition) is 0. The van der Waals surface area contributed by atoms with Gasteiger partial charge in [-0.2, -0.15) is 0 Å². The van der Waals surface area contributed by atoms with Gasteiger partial charge in [-0.05, 0) is 67.8 Å². The minimum atomic E-state index is -0.624. The van der Waals surface area contributed by atoms with Crippen molar-refractivity contribution in [2.75, 3.05) is 14.2 Å². The average Bonchev–Trinajstić information content (AvgIpc) is 3.00. The van der Waals surface area contributed by atoms with Gasteiger partial charge in [0.1, 0.15) is 5.78 Å². The summed E-state index contributed by atoms with van der Waals surface area (Å²) in [6.07, 6.45) is 8.63. The maximum atomic E-state index is 13.3. The van der Waals surface area contributed by atoms with E-state index in [-0.39, 0.29) is 28.4 Å². The molecule has 4 aliphatic carbocycles. The van der Waals surface area contributed by atoms with Crippen molar-refractivity contribution in [3.8, 4) is 0 Å². The topological polar surface area (TPSA) is 52.6 Å². The molecule has 0 radical (unpaired) electrons. The summed E-state index contributed by atoms with van der Waals surface area (Å²) in [5.74, 6) is 0.922. The number of carbonyl (C=O) groups is 2. The number of hydrogen-bond acceptors (Lipinski definition) is 4. The number of allylic oxidation sites excluding steroid dienone is 2. The van der Waals surface area contributed by atoms with Gasteiger partial charge < -0.3 is 9.47 Å². The van der Waals surface area contributed by atoms with Gasteiger partial charge in [0.05, 0.1) is 0 Å². The molecule has 0 bridgehead atoms. The van der Waals surface area contributed by atoms with Gasteiger partial charge in [0, 0.05) is 38.9 Å². The van der Waals surface area contributed by atoms with E-state index in [1.807, 2.05) is 6.08 Å². The van der Waals surface area contributed by atoms with Crippen LogP contribution in [0.2, 0.25) is 0 Å². The van der Waals surface area contributed by atoms with Crippen molar-refractivity contribution in [3.63, 3.8) is 0 Å². The molecule has 0 N–H and O–H groups in total. The Morgan fingerprint density at radius 3 is 2.26 bits per heavy atom. The van der Waals surface area contributed by atoms with E-state index in [2.05, 4.69) is 13.8 Å². The molecule has 0 aromatic heterocycles. The number of fused-ring (bicyclic) bond motifs is 5. The highest BCUT2D eigenvalue weighted by atomic mass is 16.7. The molecule has 0 aromatic rings. The zero-order valence-electron chi connectivity index (χ0n) is 17.5. The fourth-order valence-electron chi connectivity index (χ4n) is 7.42. The van der Waals surface area contributed by atoms with Gasteiger partial charge in [0.2, 0.25) is 0 Å². The summed E-state index contributed by atoms with van der Waals surface area (Å²) in [5, 5.41) is 0. The van der Waals surface area contributed by atoms with Gasteiger partial charge in [-0.25, -0.2) is 0 Å². The van der Waals surface area contributed by atoms with Gasteiger partial charge in [-0.1, -0.05) is 19.4 Å². The fraction of sp³-hybridized carbons (Fsp3) is 0.826. The Labute approximate surface area is 163 Å². The summed E-state index contributed by atoms with van der Waals surface area (Å²) in [7, 11) is 3.38. The zero-order valence-corrected chi connectivity index (χ0v) is 17.5. The van der Waals surface area contributed by atoms with Gasteiger partial charge in [-0.15, -0.1) is 0 Å². The Balaban J connectivity index is 1.71. The van der Waals surface area contributed by atoms with Crippen molar-refractivity contribution in [3.05, 3.63) is 11.6 Å². The standard InChI is InChI=1S/C23H34O4/c1-14(24)16-6-7-17-15-12-20(25)19-13-23(26-4,27-5)11-10-22(19,3)18(15)8-9-21(16,17)2/h12,16-19H,6-11,13H2,1-5H3. The number of methoxy groups -OCH3 is 2. The first kappa shape index (κ1) is 19.3. The lowest BCUT2D eigenvalue weighted by Crippen LogP contribution is -2.56. The molecule has 150 valence electrons. The molecule has 4 aliphatic rings. The highest BCUT2D eigenvalue weighted by molar-refractivity contribution is 5.94. The first-order chi connectivity index (χ1) is 12.7. The molecule has 3 fully saturated rings. The Kier molecular flexibility index (Phi) is 4.47. The first-order valence-corrected chi connectivity index (χ1v) is 10.6. The quantitative estimate of drug-likeness (QED) is 0.690. The Hall–Kier alpha value is -1.00. The second-order valence-corrected chi connectivity index (χ2v) is 10.0. The SMILES string of the molecule is COC1(OC)CCC2(C)C(C1)C(=O)C=C1C3CCC(C(C)=O)C3(C)CCC12. The van der Waals surface area contributed by atoms with Crippen LogP contribution in [0.1, 0.15) is 65.7 Å². The molecule has 0 amide bonds.